The summed E-state index contributed by atoms with van der Waals surface area (Å²) in [5.41, 5.74) is 0. The minimum Gasteiger partial charge on any atom is -0.431 e. The molecule has 164 valence electrons. The molecule has 0 aromatic heterocycles. The number of fused-ring (bicyclic) bond motifs is 1. The van der Waals surface area contributed by atoms with Crippen molar-refractivity contribution in [2.75, 3.05) is 26.6 Å². The van der Waals surface area contributed by atoms with Crippen molar-refractivity contribution in [1.82, 2.24) is 4.90 Å². The third-order valence-corrected chi connectivity index (χ3v) is 9.69. The Hall–Kier alpha value is -1.44. The maximum absolute atomic E-state index is 12.9. The van der Waals surface area contributed by atoms with Gasteiger partial charge in [-0.1, -0.05) is 15.9 Å². The molecule has 13 heteroatoms. The Balaban J connectivity index is 1.62. The normalized spacial score (nSPS) is 32.8. The standard InChI is InChI=1S/C16H22BrNO10S/c1-15(2)10(18-12(21)16(17,7-19)13(18)29(15,23)24)11(20)26-8-27-14(22)28-9-3-5-25-6-4-9/h9-10,13,19H,3-8H2,1-2H3/t10-,13+,16-/m0/s1. The van der Waals surface area contributed by atoms with Crippen molar-refractivity contribution in [2.45, 2.75) is 53.3 Å². The summed E-state index contributed by atoms with van der Waals surface area (Å²) in [6.07, 6.45) is -0.321. The molecule has 0 bridgehead atoms. The van der Waals surface area contributed by atoms with Crippen LogP contribution in [0.4, 0.5) is 4.79 Å². The third kappa shape index (κ3) is 3.41. The lowest BCUT2D eigenvalue weighted by Crippen LogP contribution is -2.73. The van der Waals surface area contributed by atoms with Crippen molar-refractivity contribution >= 4 is 43.8 Å². The number of β-lactam (4-membered cyclic amide) rings is 1. The number of amides is 1. The topological polar surface area (TPSA) is 146 Å². The maximum atomic E-state index is 12.9. The van der Waals surface area contributed by atoms with Gasteiger partial charge in [0.05, 0.1) is 19.8 Å². The van der Waals surface area contributed by atoms with E-state index in [0.29, 0.717) is 26.1 Å². The van der Waals surface area contributed by atoms with Gasteiger partial charge in [0.2, 0.25) is 12.7 Å². The van der Waals surface area contributed by atoms with Gasteiger partial charge in [-0.25, -0.2) is 18.0 Å². The largest absolute Gasteiger partial charge is 0.511 e. The predicted molar refractivity (Wildman–Crippen MR) is 98.5 cm³/mol. The Morgan fingerprint density at radius 3 is 2.48 bits per heavy atom. The molecule has 3 heterocycles. The Bertz CT molecular complexity index is 809. The van der Waals surface area contributed by atoms with Gasteiger partial charge in [0.15, 0.2) is 19.5 Å². The van der Waals surface area contributed by atoms with Crippen molar-refractivity contribution in [2.24, 2.45) is 0 Å². The molecule has 29 heavy (non-hydrogen) atoms. The van der Waals surface area contributed by atoms with Crippen LogP contribution in [0, 0.1) is 0 Å². The van der Waals surface area contributed by atoms with Gasteiger partial charge in [-0.15, -0.1) is 0 Å². The molecular formula is C16H22BrNO10S. The lowest BCUT2D eigenvalue weighted by Gasteiger charge is -2.48. The van der Waals surface area contributed by atoms with Crippen molar-refractivity contribution in [3.05, 3.63) is 0 Å². The second-order valence-corrected chi connectivity index (χ2v) is 11.5. The van der Waals surface area contributed by atoms with Crippen LogP contribution in [-0.4, -0.2) is 89.7 Å². The number of carbonyl (C=O) groups is 3. The van der Waals surface area contributed by atoms with Crippen molar-refractivity contribution in [3.63, 3.8) is 0 Å². The maximum Gasteiger partial charge on any atom is 0.511 e. The zero-order valence-corrected chi connectivity index (χ0v) is 18.2. The molecular weight excluding hydrogens is 478 g/mol. The molecule has 3 fully saturated rings. The monoisotopic (exact) mass is 499 g/mol. The fourth-order valence-corrected chi connectivity index (χ4v) is 7.17. The second kappa shape index (κ2) is 7.67. The van der Waals surface area contributed by atoms with E-state index in [2.05, 4.69) is 15.9 Å². The van der Waals surface area contributed by atoms with Gasteiger partial charge in [0.25, 0.3) is 0 Å². The Kier molecular flexibility index (Phi) is 5.89. The summed E-state index contributed by atoms with van der Waals surface area (Å²) in [6, 6.07) is -1.45. The minimum atomic E-state index is -4.02. The first-order valence-corrected chi connectivity index (χ1v) is 11.3. The molecule has 1 amide bonds. The highest BCUT2D eigenvalue weighted by atomic mass is 79.9. The van der Waals surface area contributed by atoms with E-state index in [1.54, 1.807) is 0 Å². The minimum absolute atomic E-state index is 0.351. The van der Waals surface area contributed by atoms with Crippen LogP contribution in [0.5, 0.6) is 0 Å². The number of aliphatic hydroxyl groups is 1. The van der Waals surface area contributed by atoms with Crippen LogP contribution in [-0.2, 0) is 38.4 Å². The highest BCUT2D eigenvalue weighted by Gasteiger charge is 2.77. The van der Waals surface area contributed by atoms with E-state index in [-0.39, 0.29) is 6.10 Å². The smallest absolute Gasteiger partial charge is 0.431 e. The van der Waals surface area contributed by atoms with Crippen LogP contribution in [0.15, 0.2) is 0 Å². The highest BCUT2D eigenvalue weighted by Crippen LogP contribution is 2.53. The van der Waals surface area contributed by atoms with Gasteiger partial charge in [-0.3, -0.25) is 4.79 Å². The number of halogens is 1. The summed E-state index contributed by atoms with van der Waals surface area (Å²) in [7, 11) is -4.02. The summed E-state index contributed by atoms with van der Waals surface area (Å²) in [5, 5.41) is 8.07. The fourth-order valence-electron chi connectivity index (χ4n) is 3.73. The Morgan fingerprint density at radius 1 is 1.28 bits per heavy atom. The molecule has 0 spiro atoms. The quantitative estimate of drug-likeness (QED) is 0.231. The SMILES string of the molecule is CC1(C)[C@H](C(=O)OCOC(=O)OC2CCOCC2)N2C(=O)[C@@](Br)(CO)[C@H]2S1(=O)=O. The Labute approximate surface area is 175 Å². The average molecular weight is 500 g/mol. The van der Waals surface area contributed by atoms with Crippen LogP contribution >= 0.6 is 15.9 Å². The number of ether oxygens (including phenoxy) is 4. The number of rotatable bonds is 5. The molecule has 3 aliphatic heterocycles. The Morgan fingerprint density at radius 2 is 1.90 bits per heavy atom. The summed E-state index contributed by atoms with van der Waals surface area (Å²) in [4.78, 5) is 37.5. The third-order valence-electron chi connectivity index (χ3n) is 5.46. The van der Waals surface area contributed by atoms with E-state index in [0.717, 1.165) is 4.90 Å². The van der Waals surface area contributed by atoms with E-state index >= 15 is 0 Å². The van der Waals surface area contributed by atoms with Gasteiger partial charge in [0, 0.05) is 12.8 Å². The predicted octanol–water partition coefficient (Wildman–Crippen LogP) is -0.311. The van der Waals surface area contributed by atoms with Crippen molar-refractivity contribution in [3.8, 4) is 0 Å². The van der Waals surface area contributed by atoms with Gasteiger partial charge in [-0.2, -0.15) is 0 Å². The molecule has 0 saturated carbocycles. The van der Waals surface area contributed by atoms with Crippen molar-refractivity contribution in [1.29, 1.82) is 0 Å². The van der Waals surface area contributed by atoms with E-state index < -0.39 is 61.8 Å². The van der Waals surface area contributed by atoms with Crippen LogP contribution < -0.4 is 0 Å². The molecule has 3 atom stereocenters. The molecule has 3 rings (SSSR count). The lowest BCUT2D eigenvalue weighted by atomic mass is 9.92. The first-order valence-electron chi connectivity index (χ1n) is 8.92. The number of carbonyl (C=O) groups excluding carboxylic acids is 3. The van der Waals surface area contributed by atoms with E-state index in [1.807, 2.05) is 0 Å². The zero-order chi connectivity index (χ0) is 21.6. The number of hydrogen-bond acceptors (Lipinski definition) is 10. The number of hydrogen-bond donors (Lipinski definition) is 1. The first-order chi connectivity index (χ1) is 13.5. The van der Waals surface area contributed by atoms with E-state index in [1.165, 1.54) is 13.8 Å². The highest BCUT2D eigenvalue weighted by molar-refractivity contribution is 9.10. The fraction of sp³-hybridized carbons (Fsp3) is 0.812. The first kappa shape index (κ1) is 22.2. The summed E-state index contributed by atoms with van der Waals surface area (Å²) < 4.78 is 42.2. The van der Waals surface area contributed by atoms with Gasteiger partial charge in [0.1, 0.15) is 16.9 Å². The summed E-state index contributed by atoms with van der Waals surface area (Å²) >= 11 is 2.99. The van der Waals surface area contributed by atoms with Crippen LogP contribution in [0.3, 0.4) is 0 Å². The van der Waals surface area contributed by atoms with Crippen LogP contribution in [0.1, 0.15) is 26.7 Å². The van der Waals surface area contributed by atoms with Gasteiger partial charge in [-0.05, 0) is 13.8 Å². The number of esters is 1. The second-order valence-electron chi connectivity index (χ2n) is 7.54. The van der Waals surface area contributed by atoms with Crippen LogP contribution in [0.25, 0.3) is 0 Å². The molecule has 3 saturated heterocycles. The zero-order valence-electron chi connectivity index (χ0n) is 15.8. The lowest BCUT2D eigenvalue weighted by molar-refractivity contribution is -0.171. The number of nitrogens with zero attached hydrogens (tertiary/aromatic N) is 1. The van der Waals surface area contributed by atoms with Gasteiger partial charge < -0.3 is 29.0 Å². The molecule has 3 aliphatic rings. The number of alkyl halides is 1. The van der Waals surface area contributed by atoms with E-state index in [4.69, 9.17) is 18.9 Å². The summed E-state index contributed by atoms with van der Waals surface area (Å²) in [5.74, 6) is -1.78. The molecule has 11 nitrogen and oxygen atoms in total. The van der Waals surface area contributed by atoms with Crippen LogP contribution in [0.2, 0.25) is 0 Å². The van der Waals surface area contributed by atoms with Crippen molar-refractivity contribution < 1.29 is 46.9 Å². The molecule has 0 aliphatic carbocycles. The van der Waals surface area contributed by atoms with E-state index in [9.17, 15) is 27.9 Å². The molecule has 0 radical (unpaired) electrons. The molecule has 0 aromatic rings. The van der Waals surface area contributed by atoms with Gasteiger partial charge >= 0.3 is 12.1 Å². The molecule has 1 N–H and O–H groups in total. The number of aliphatic hydroxyl groups excluding tert-OH is 1. The average Bonchev–Trinajstić information content (AvgIpc) is 2.82. The molecule has 0 aromatic carbocycles. The summed E-state index contributed by atoms with van der Waals surface area (Å²) in [6.45, 7) is 1.99. The molecule has 0 unspecified atom stereocenters. The number of sulfone groups is 1.